The lowest BCUT2D eigenvalue weighted by Gasteiger charge is -2.12. The first kappa shape index (κ1) is 16.5. The number of pyridine rings is 1. The van der Waals surface area contributed by atoms with Crippen LogP contribution in [0.15, 0.2) is 36.9 Å². The van der Waals surface area contributed by atoms with Gasteiger partial charge in [-0.05, 0) is 22.9 Å². The maximum Gasteiger partial charge on any atom is 0.197 e. The van der Waals surface area contributed by atoms with Gasteiger partial charge in [-0.1, -0.05) is 19.9 Å². The van der Waals surface area contributed by atoms with Gasteiger partial charge in [0.25, 0.3) is 0 Å². The molecule has 5 nitrogen and oxygen atoms in total. The van der Waals surface area contributed by atoms with Gasteiger partial charge in [0.2, 0.25) is 0 Å². The molecular formula is C19H17F2N5. The first-order valence-electron chi connectivity index (χ1n) is 8.41. The van der Waals surface area contributed by atoms with Crippen molar-refractivity contribution >= 4 is 22.1 Å². The third-order valence-electron chi connectivity index (χ3n) is 4.29. The van der Waals surface area contributed by atoms with Crippen LogP contribution in [0.3, 0.4) is 0 Å². The molecule has 0 bridgehead atoms. The van der Waals surface area contributed by atoms with E-state index in [-0.39, 0.29) is 5.39 Å². The molecule has 3 heterocycles. The van der Waals surface area contributed by atoms with Crippen LogP contribution < -0.4 is 0 Å². The normalized spacial score (nSPS) is 11.7. The van der Waals surface area contributed by atoms with Gasteiger partial charge in [0.1, 0.15) is 5.82 Å². The number of fused-ring (bicyclic) bond motifs is 2. The summed E-state index contributed by atoms with van der Waals surface area (Å²) in [6.07, 6.45) is 7.00. The van der Waals surface area contributed by atoms with Crippen molar-refractivity contribution in [3.8, 4) is 0 Å². The molecule has 26 heavy (non-hydrogen) atoms. The lowest BCUT2D eigenvalue weighted by molar-refractivity contribution is 0.516. The van der Waals surface area contributed by atoms with Crippen molar-refractivity contribution < 1.29 is 8.78 Å². The number of nitrogens with zero attached hydrogens (tertiary/aromatic N) is 5. The molecule has 0 saturated carbocycles. The Balaban J connectivity index is 1.88. The van der Waals surface area contributed by atoms with Crippen LogP contribution in [0.5, 0.6) is 0 Å². The van der Waals surface area contributed by atoms with Gasteiger partial charge in [0.15, 0.2) is 22.9 Å². The molecule has 0 aliphatic rings. The van der Waals surface area contributed by atoms with Crippen LogP contribution >= 0.6 is 0 Å². The quantitative estimate of drug-likeness (QED) is 0.558. The van der Waals surface area contributed by atoms with E-state index in [9.17, 15) is 8.78 Å². The van der Waals surface area contributed by atoms with Crippen molar-refractivity contribution in [1.29, 1.82) is 0 Å². The third-order valence-corrected chi connectivity index (χ3v) is 4.29. The second kappa shape index (κ2) is 6.40. The largest absolute Gasteiger partial charge is 0.307 e. The number of hydrogen-bond donors (Lipinski definition) is 0. The molecule has 7 heteroatoms. The lowest BCUT2D eigenvalue weighted by Crippen LogP contribution is -2.09. The summed E-state index contributed by atoms with van der Waals surface area (Å²) in [6, 6.07) is 2.72. The molecule has 4 aromatic rings. The Labute approximate surface area is 148 Å². The van der Waals surface area contributed by atoms with Crippen LogP contribution in [0.1, 0.15) is 25.2 Å². The molecule has 3 aromatic heterocycles. The second-order valence-electron chi connectivity index (χ2n) is 6.67. The summed E-state index contributed by atoms with van der Waals surface area (Å²) >= 11 is 0. The highest BCUT2D eigenvalue weighted by atomic mass is 19.2. The minimum Gasteiger partial charge on any atom is -0.307 e. The predicted octanol–water partition coefficient (Wildman–Crippen LogP) is 3.90. The zero-order chi connectivity index (χ0) is 18.3. The zero-order valence-corrected chi connectivity index (χ0v) is 14.4. The lowest BCUT2D eigenvalue weighted by atomic mass is 10.1. The molecule has 0 amide bonds. The number of benzene rings is 1. The van der Waals surface area contributed by atoms with Gasteiger partial charge in [0.05, 0.1) is 6.54 Å². The Kier molecular flexibility index (Phi) is 4.06. The van der Waals surface area contributed by atoms with E-state index in [1.54, 1.807) is 24.7 Å². The highest BCUT2D eigenvalue weighted by Gasteiger charge is 2.16. The monoisotopic (exact) mass is 353 g/mol. The van der Waals surface area contributed by atoms with E-state index in [2.05, 4.69) is 33.8 Å². The standard InChI is InChI=1S/C19H17F2N5/c1-11(2)7-16-25-18-19(24-6-5-23-18)26(16)10-12-8-22-9-14-13(12)3-4-15(20)17(14)21/h3-6,8-9,11H,7,10H2,1-2H3. The van der Waals surface area contributed by atoms with E-state index in [0.717, 1.165) is 23.9 Å². The fourth-order valence-electron chi connectivity index (χ4n) is 3.12. The Bertz CT molecular complexity index is 1100. The summed E-state index contributed by atoms with van der Waals surface area (Å²) < 4.78 is 29.6. The molecule has 4 rings (SSSR count). The highest BCUT2D eigenvalue weighted by molar-refractivity contribution is 5.85. The van der Waals surface area contributed by atoms with Gasteiger partial charge in [-0.3, -0.25) is 4.98 Å². The van der Waals surface area contributed by atoms with Crippen LogP contribution in [0.2, 0.25) is 0 Å². The van der Waals surface area contributed by atoms with Crippen LogP contribution in [-0.4, -0.2) is 24.5 Å². The van der Waals surface area contributed by atoms with Gasteiger partial charge < -0.3 is 4.57 Å². The first-order valence-corrected chi connectivity index (χ1v) is 8.41. The van der Waals surface area contributed by atoms with Crippen molar-refractivity contribution in [2.24, 2.45) is 5.92 Å². The summed E-state index contributed by atoms with van der Waals surface area (Å²) in [5.41, 5.74) is 2.02. The van der Waals surface area contributed by atoms with E-state index < -0.39 is 11.6 Å². The summed E-state index contributed by atoms with van der Waals surface area (Å²) in [5, 5.41) is 0.795. The number of imidazole rings is 1. The molecule has 0 spiro atoms. The minimum atomic E-state index is -0.880. The van der Waals surface area contributed by atoms with Gasteiger partial charge in [-0.2, -0.15) is 0 Å². The molecule has 0 N–H and O–H groups in total. The minimum absolute atomic E-state index is 0.170. The summed E-state index contributed by atoms with van der Waals surface area (Å²) in [5.74, 6) is -0.492. The van der Waals surface area contributed by atoms with Gasteiger partial charge >= 0.3 is 0 Å². The Hall–Kier alpha value is -2.96. The van der Waals surface area contributed by atoms with Crippen LogP contribution in [0, 0.1) is 17.6 Å². The third kappa shape index (κ3) is 2.79. The van der Waals surface area contributed by atoms with Crippen molar-refractivity contribution in [2.75, 3.05) is 0 Å². The number of hydrogen-bond acceptors (Lipinski definition) is 4. The number of aromatic nitrogens is 5. The molecule has 0 fully saturated rings. The smallest absolute Gasteiger partial charge is 0.197 e. The Morgan fingerprint density at radius 2 is 1.85 bits per heavy atom. The molecular weight excluding hydrogens is 336 g/mol. The van der Waals surface area contributed by atoms with Crippen molar-refractivity contribution in [1.82, 2.24) is 24.5 Å². The molecule has 0 unspecified atom stereocenters. The topological polar surface area (TPSA) is 56.5 Å². The van der Waals surface area contributed by atoms with Crippen molar-refractivity contribution in [2.45, 2.75) is 26.8 Å². The molecule has 0 saturated heterocycles. The molecule has 0 radical (unpaired) electrons. The fourth-order valence-corrected chi connectivity index (χ4v) is 3.12. The molecule has 0 atom stereocenters. The summed E-state index contributed by atoms with van der Waals surface area (Å²) in [7, 11) is 0. The average molecular weight is 353 g/mol. The van der Waals surface area contributed by atoms with Crippen LogP contribution in [0.25, 0.3) is 22.1 Å². The van der Waals surface area contributed by atoms with E-state index in [1.807, 2.05) is 4.57 Å². The molecule has 0 aliphatic heterocycles. The van der Waals surface area contributed by atoms with Crippen molar-refractivity contribution in [3.63, 3.8) is 0 Å². The van der Waals surface area contributed by atoms with Gasteiger partial charge in [-0.25, -0.2) is 23.7 Å². The van der Waals surface area contributed by atoms with E-state index in [0.29, 0.717) is 29.1 Å². The van der Waals surface area contributed by atoms with Gasteiger partial charge in [-0.15, -0.1) is 0 Å². The van der Waals surface area contributed by atoms with E-state index in [4.69, 9.17) is 0 Å². The molecule has 132 valence electrons. The summed E-state index contributed by atoms with van der Waals surface area (Å²) in [4.78, 5) is 17.4. The zero-order valence-electron chi connectivity index (χ0n) is 14.4. The average Bonchev–Trinajstić information content (AvgIpc) is 2.95. The number of rotatable bonds is 4. The number of halogens is 2. The second-order valence-corrected chi connectivity index (χ2v) is 6.67. The van der Waals surface area contributed by atoms with Crippen molar-refractivity contribution in [3.05, 3.63) is 59.9 Å². The Morgan fingerprint density at radius 3 is 2.65 bits per heavy atom. The summed E-state index contributed by atoms with van der Waals surface area (Å²) in [6.45, 7) is 4.64. The predicted molar refractivity (Wildman–Crippen MR) is 94.6 cm³/mol. The maximum absolute atomic E-state index is 14.1. The molecule has 1 aromatic carbocycles. The van der Waals surface area contributed by atoms with Gasteiger partial charge in [0, 0.05) is 36.6 Å². The van der Waals surface area contributed by atoms with E-state index in [1.165, 1.54) is 6.20 Å². The first-order chi connectivity index (χ1) is 12.5. The SMILES string of the molecule is CC(C)Cc1nc2nccnc2n1Cc1cncc2c(F)c(F)ccc12. The Morgan fingerprint density at radius 1 is 1.04 bits per heavy atom. The highest BCUT2D eigenvalue weighted by Crippen LogP contribution is 2.25. The van der Waals surface area contributed by atoms with Crippen LogP contribution in [0.4, 0.5) is 8.78 Å². The van der Waals surface area contributed by atoms with Crippen LogP contribution in [-0.2, 0) is 13.0 Å². The van der Waals surface area contributed by atoms with E-state index >= 15 is 0 Å². The fraction of sp³-hybridized carbons (Fsp3) is 0.263. The molecule has 0 aliphatic carbocycles. The maximum atomic E-state index is 14.1.